The zero-order chi connectivity index (χ0) is 13.9. The Bertz CT molecular complexity index is 515. The lowest BCUT2D eigenvalue weighted by Crippen LogP contribution is -2.13. The molecule has 0 aromatic heterocycles. The average molecular weight is 266 g/mol. The van der Waals surface area contributed by atoms with Gasteiger partial charge in [0.15, 0.2) is 0 Å². The maximum Gasteiger partial charge on any atom is 0.112 e. The quantitative estimate of drug-likeness (QED) is 0.513. The molecule has 0 amide bonds. The van der Waals surface area contributed by atoms with E-state index in [0.717, 1.165) is 35.1 Å². The summed E-state index contributed by atoms with van der Waals surface area (Å²) in [6.07, 6.45) is 2.06. The van der Waals surface area contributed by atoms with E-state index in [1.165, 1.54) is 0 Å². The molecule has 0 saturated heterocycles. The van der Waals surface area contributed by atoms with Gasteiger partial charge in [-0.1, -0.05) is 13.3 Å². The SMILES string of the molecule is CCCC(C)=Nc1ccc(N)c(P(C)(C)=O)c1C. The first-order valence-corrected chi connectivity index (χ1v) is 8.86. The molecule has 0 aliphatic rings. The summed E-state index contributed by atoms with van der Waals surface area (Å²) < 4.78 is 12.3. The summed E-state index contributed by atoms with van der Waals surface area (Å²) in [5.41, 5.74) is 9.47. The Labute approximate surface area is 110 Å². The van der Waals surface area contributed by atoms with E-state index in [2.05, 4.69) is 11.9 Å². The number of rotatable bonds is 4. The fourth-order valence-corrected chi connectivity index (χ4v) is 3.79. The summed E-state index contributed by atoms with van der Waals surface area (Å²) in [4.78, 5) is 4.60. The number of nitrogens with zero attached hydrogens (tertiary/aromatic N) is 1. The van der Waals surface area contributed by atoms with Gasteiger partial charge in [0.2, 0.25) is 0 Å². The molecule has 0 unspecified atom stereocenters. The number of nitrogens with two attached hydrogens (primary N) is 1. The van der Waals surface area contributed by atoms with Gasteiger partial charge in [-0.15, -0.1) is 0 Å². The highest BCUT2D eigenvalue weighted by molar-refractivity contribution is 7.70. The summed E-state index contributed by atoms with van der Waals surface area (Å²) >= 11 is 0. The van der Waals surface area contributed by atoms with Crippen LogP contribution in [0.2, 0.25) is 0 Å². The molecule has 0 heterocycles. The molecule has 0 atom stereocenters. The van der Waals surface area contributed by atoms with E-state index in [0.29, 0.717) is 5.69 Å². The van der Waals surface area contributed by atoms with E-state index >= 15 is 0 Å². The maximum atomic E-state index is 12.3. The third kappa shape index (κ3) is 3.46. The molecule has 0 bridgehead atoms. The summed E-state index contributed by atoms with van der Waals surface area (Å²) in [6, 6.07) is 3.71. The monoisotopic (exact) mass is 266 g/mol. The van der Waals surface area contributed by atoms with Gasteiger partial charge in [0.1, 0.15) is 7.14 Å². The highest BCUT2D eigenvalue weighted by Gasteiger charge is 2.19. The van der Waals surface area contributed by atoms with Gasteiger partial charge in [-0.05, 0) is 51.3 Å². The number of benzene rings is 1. The molecular weight excluding hydrogens is 243 g/mol. The van der Waals surface area contributed by atoms with E-state index < -0.39 is 7.14 Å². The van der Waals surface area contributed by atoms with Crippen LogP contribution >= 0.6 is 7.14 Å². The topological polar surface area (TPSA) is 55.4 Å². The molecular formula is C14H23N2OP. The van der Waals surface area contributed by atoms with Crippen LogP contribution in [0.25, 0.3) is 0 Å². The molecule has 0 fully saturated rings. The van der Waals surface area contributed by atoms with Crippen LogP contribution in [0.5, 0.6) is 0 Å². The van der Waals surface area contributed by atoms with E-state index in [-0.39, 0.29) is 0 Å². The summed E-state index contributed by atoms with van der Waals surface area (Å²) in [5.74, 6) is 0. The highest BCUT2D eigenvalue weighted by atomic mass is 31.2. The van der Waals surface area contributed by atoms with Crippen molar-refractivity contribution < 1.29 is 4.57 Å². The molecule has 3 nitrogen and oxygen atoms in total. The molecule has 4 heteroatoms. The molecule has 0 radical (unpaired) electrons. The lowest BCUT2D eigenvalue weighted by molar-refractivity contribution is 0.588. The Balaban J connectivity index is 3.34. The van der Waals surface area contributed by atoms with Crippen LogP contribution < -0.4 is 11.0 Å². The van der Waals surface area contributed by atoms with E-state index in [9.17, 15) is 4.57 Å². The zero-order valence-electron chi connectivity index (χ0n) is 11.9. The van der Waals surface area contributed by atoms with Crippen LogP contribution in [0, 0.1) is 6.92 Å². The number of nitrogen functional groups attached to an aromatic ring is 1. The van der Waals surface area contributed by atoms with Gasteiger partial charge in [0.05, 0.1) is 5.69 Å². The lowest BCUT2D eigenvalue weighted by atomic mass is 10.1. The normalized spacial score (nSPS) is 12.8. The van der Waals surface area contributed by atoms with Gasteiger partial charge in [0.25, 0.3) is 0 Å². The molecule has 1 aromatic rings. The van der Waals surface area contributed by atoms with Crippen molar-refractivity contribution in [3.8, 4) is 0 Å². The number of anilines is 1. The number of hydrogen-bond donors (Lipinski definition) is 1. The fourth-order valence-electron chi connectivity index (χ4n) is 2.17. The maximum absolute atomic E-state index is 12.3. The first kappa shape index (κ1) is 15.0. The summed E-state index contributed by atoms with van der Waals surface area (Å²) in [6.45, 7) is 9.60. The second-order valence-corrected chi connectivity index (χ2v) is 8.24. The fraction of sp³-hybridized carbons (Fsp3) is 0.500. The second-order valence-electron chi connectivity index (χ2n) is 5.10. The van der Waals surface area contributed by atoms with Crippen molar-refractivity contribution in [3.63, 3.8) is 0 Å². The third-order valence-electron chi connectivity index (χ3n) is 2.90. The largest absolute Gasteiger partial charge is 0.398 e. The van der Waals surface area contributed by atoms with Crippen molar-refractivity contribution >= 4 is 29.5 Å². The van der Waals surface area contributed by atoms with Crippen molar-refractivity contribution in [2.75, 3.05) is 19.1 Å². The Morgan fingerprint density at radius 1 is 1.39 bits per heavy atom. The van der Waals surface area contributed by atoms with Crippen molar-refractivity contribution in [3.05, 3.63) is 17.7 Å². The van der Waals surface area contributed by atoms with Crippen molar-refractivity contribution in [2.45, 2.75) is 33.6 Å². The van der Waals surface area contributed by atoms with Crippen LogP contribution in [-0.2, 0) is 4.57 Å². The molecule has 0 aliphatic carbocycles. The molecule has 1 rings (SSSR count). The van der Waals surface area contributed by atoms with Gasteiger partial charge in [-0.2, -0.15) is 0 Å². The Morgan fingerprint density at radius 2 is 2.00 bits per heavy atom. The Morgan fingerprint density at radius 3 is 2.50 bits per heavy atom. The van der Waals surface area contributed by atoms with Crippen LogP contribution in [0.3, 0.4) is 0 Å². The smallest absolute Gasteiger partial charge is 0.112 e. The van der Waals surface area contributed by atoms with Crippen LogP contribution in [-0.4, -0.2) is 19.0 Å². The van der Waals surface area contributed by atoms with E-state index in [4.69, 9.17) is 5.73 Å². The standard InChI is InChI=1S/C14H23N2OP/c1-6-7-10(2)16-13-9-8-12(15)14(11(13)3)18(4,5)17/h8-9H,6-7,15H2,1-5H3. The van der Waals surface area contributed by atoms with Gasteiger partial charge in [0, 0.05) is 16.7 Å². The van der Waals surface area contributed by atoms with Crippen molar-refractivity contribution in [1.29, 1.82) is 0 Å². The second kappa shape index (κ2) is 5.71. The lowest BCUT2D eigenvalue weighted by Gasteiger charge is -2.15. The number of aliphatic imine (C=N–C) groups is 1. The van der Waals surface area contributed by atoms with Crippen molar-refractivity contribution in [2.24, 2.45) is 4.99 Å². The minimum Gasteiger partial charge on any atom is -0.398 e. The van der Waals surface area contributed by atoms with Crippen LogP contribution in [0.1, 0.15) is 32.3 Å². The van der Waals surface area contributed by atoms with Gasteiger partial charge < -0.3 is 10.3 Å². The zero-order valence-corrected chi connectivity index (χ0v) is 12.8. The minimum absolute atomic E-state index is 0.605. The van der Waals surface area contributed by atoms with Gasteiger partial charge in [-0.3, -0.25) is 4.99 Å². The molecule has 0 spiro atoms. The molecule has 0 saturated carbocycles. The Hall–Kier alpha value is -1.08. The van der Waals surface area contributed by atoms with Gasteiger partial charge in [-0.25, -0.2) is 0 Å². The first-order valence-electron chi connectivity index (χ1n) is 6.26. The molecule has 100 valence electrons. The van der Waals surface area contributed by atoms with E-state index in [1.807, 2.05) is 19.9 Å². The Kier molecular flexibility index (Phi) is 4.75. The first-order chi connectivity index (χ1) is 8.27. The van der Waals surface area contributed by atoms with Crippen molar-refractivity contribution in [1.82, 2.24) is 0 Å². The third-order valence-corrected chi connectivity index (χ3v) is 4.57. The predicted octanol–water partition coefficient (Wildman–Crippen LogP) is 3.72. The highest BCUT2D eigenvalue weighted by Crippen LogP contribution is 2.40. The van der Waals surface area contributed by atoms with E-state index in [1.54, 1.807) is 19.4 Å². The molecule has 1 aromatic carbocycles. The molecule has 2 N–H and O–H groups in total. The van der Waals surface area contributed by atoms with Crippen LogP contribution in [0.15, 0.2) is 17.1 Å². The summed E-state index contributed by atoms with van der Waals surface area (Å²) in [7, 11) is -2.37. The number of hydrogen-bond acceptors (Lipinski definition) is 3. The summed E-state index contributed by atoms with van der Waals surface area (Å²) in [5, 5.41) is 0.771. The minimum atomic E-state index is -2.37. The van der Waals surface area contributed by atoms with Gasteiger partial charge >= 0.3 is 0 Å². The average Bonchev–Trinajstić information content (AvgIpc) is 2.21. The predicted molar refractivity (Wildman–Crippen MR) is 82.4 cm³/mol. The van der Waals surface area contributed by atoms with Crippen LogP contribution in [0.4, 0.5) is 11.4 Å². The molecule has 18 heavy (non-hydrogen) atoms. The molecule has 0 aliphatic heterocycles.